The zero-order chi connectivity index (χ0) is 19.6. The van der Waals surface area contributed by atoms with E-state index in [1.54, 1.807) is 25.6 Å². The average molecular weight is 399 g/mol. The zero-order valence-electron chi connectivity index (χ0n) is 15.4. The topological polar surface area (TPSA) is 89.4 Å². The molecule has 1 saturated heterocycles. The van der Waals surface area contributed by atoms with Crippen LogP contribution in [0.1, 0.15) is 11.6 Å². The van der Waals surface area contributed by atoms with Crippen LogP contribution in [0.15, 0.2) is 66.1 Å². The Balaban J connectivity index is 1.69. The number of nitrogens with zero attached hydrogens (tertiary/aromatic N) is 4. The molecule has 1 atom stereocenters. The second kappa shape index (κ2) is 7.70. The summed E-state index contributed by atoms with van der Waals surface area (Å²) in [5.74, 6) is 0.616. The van der Waals surface area contributed by atoms with Crippen LogP contribution in [0, 0.1) is 0 Å². The Hall–Kier alpha value is -2.75. The number of piperazine rings is 1. The maximum atomic E-state index is 13.4. The summed E-state index contributed by atoms with van der Waals surface area (Å²) in [5, 5.41) is 7.52. The molecule has 2 aromatic heterocycles. The number of hydrogen-bond donors (Lipinski definition) is 1. The quantitative estimate of drug-likeness (QED) is 0.701. The van der Waals surface area contributed by atoms with E-state index in [1.165, 1.54) is 21.4 Å². The number of aromatic nitrogens is 3. The van der Waals surface area contributed by atoms with Gasteiger partial charge in [0.1, 0.15) is 16.3 Å². The summed E-state index contributed by atoms with van der Waals surface area (Å²) in [6, 6.07) is 10.7. The highest BCUT2D eigenvalue weighted by Gasteiger charge is 2.35. The maximum Gasteiger partial charge on any atom is 0.246 e. The highest BCUT2D eigenvalue weighted by atomic mass is 32.2. The van der Waals surface area contributed by atoms with Crippen LogP contribution in [0.3, 0.4) is 0 Å². The van der Waals surface area contributed by atoms with Crippen molar-refractivity contribution in [1.29, 1.82) is 0 Å². The van der Waals surface area contributed by atoms with E-state index in [2.05, 4.69) is 15.4 Å². The smallest absolute Gasteiger partial charge is 0.246 e. The number of nitrogens with one attached hydrogen (secondary N) is 1. The number of ether oxygens (including phenoxy) is 1. The van der Waals surface area contributed by atoms with Gasteiger partial charge in [-0.3, -0.25) is 4.98 Å². The number of rotatable bonds is 5. The number of sulfonamides is 1. The molecule has 1 fully saturated rings. The summed E-state index contributed by atoms with van der Waals surface area (Å²) in [6.45, 7) is 1.50. The first-order valence-electron chi connectivity index (χ1n) is 8.92. The van der Waals surface area contributed by atoms with E-state index in [0.29, 0.717) is 31.1 Å². The van der Waals surface area contributed by atoms with Crippen molar-refractivity contribution in [2.75, 3.05) is 26.7 Å². The van der Waals surface area contributed by atoms with E-state index in [-0.39, 0.29) is 10.9 Å². The van der Waals surface area contributed by atoms with Gasteiger partial charge in [0.2, 0.25) is 10.0 Å². The van der Waals surface area contributed by atoms with E-state index in [9.17, 15) is 8.42 Å². The van der Waals surface area contributed by atoms with Crippen LogP contribution in [0.5, 0.6) is 5.75 Å². The molecule has 1 aliphatic heterocycles. The molecule has 0 bridgehead atoms. The third-order valence-corrected chi connectivity index (χ3v) is 6.62. The molecule has 1 N–H and O–H groups in total. The maximum absolute atomic E-state index is 13.4. The van der Waals surface area contributed by atoms with Crippen molar-refractivity contribution in [1.82, 2.24) is 24.4 Å². The molecule has 146 valence electrons. The van der Waals surface area contributed by atoms with E-state index in [0.717, 1.165) is 5.56 Å². The lowest BCUT2D eigenvalue weighted by Gasteiger charge is -2.34. The molecule has 1 aliphatic rings. The van der Waals surface area contributed by atoms with Crippen LogP contribution in [0.2, 0.25) is 0 Å². The van der Waals surface area contributed by atoms with Crippen LogP contribution in [0.25, 0.3) is 5.69 Å². The summed E-state index contributed by atoms with van der Waals surface area (Å²) in [5.41, 5.74) is 1.53. The third-order valence-electron chi connectivity index (χ3n) is 4.76. The predicted octanol–water partition coefficient (Wildman–Crippen LogP) is 1.61. The minimum atomic E-state index is -3.72. The first-order valence-corrected chi connectivity index (χ1v) is 10.4. The van der Waals surface area contributed by atoms with Crippen molar-refractivity contribution < 1.29 is 13.2 Å². The standard InChI is InChI=1S/C19H21N5O3S/c1-27-19-7-3-2-6-17(19)23-14-16(12-22-23)28(25,26)24-10-9-21-13-18(24)15-5-4-8-20-11-15/h2-8,11-12,14,18,21H,9-10,13H2,1H3. The minimum Gasteiger partial charge on any atom is -0.494 e. The van der Waals surface area contributed by atoms with Gasteiger partial charge in [-0.15, -0.1) is 0 Å². The van der Waals surface area contributed by atoms with E-state index in [1.807, 2.05) is 30.3 Å². The molecule has 0 aliphatic carbocycles. The summed E-state index contributed by atoms with van der Waals surface area (Å²) >= 11 is 0. The zero-order valence-corrected chi connectivity index (χ0v) is 16.2. The summed E-state index contributed by atoms with van der Waals surface area (Å²) < 4.78 is 35.1. The van der Waals surface area contributed by atoms with Crippen molar-refractivity contribution in [3.8, 4) is 11.4 Å². The molecule has 3 heterocycles. The summed E-state index contributed by atoms with van der Waals surface area (Å²) in [4.78, 5) is 4.28. The molecular formula is C19H21N5O3S. The Morgan fingerprint density at radius 2 is 2.04 bits per heavy atom. The second-order valence-electron chi connectivity index (χ2n) is 6.41. The summed E-state index contributed by atoms with van der Waals surface area (Å²) in [7, 11) is -2.16. The number of hydrogen-bond acceptors (Lipinski definition) is 6. The van der Waals surface area contributed by atoms with E-state index >= 15 is 0 Å². The van der Waals surface area contributed by atoms with Gasteiger partial charge in [-0.2, -0.15) is 9.40 Å². The van der Waals surface area contributed by atoms with Crippen molar-refractivity contribution in [3.05, 3.63) is 66.7 Å². The molecule has 0 amide bonds. The first kappa shape index (κ1) is 18.6. The molecule has 4 rings (SSSR count). The lowest BCUT2D eigenvalue weighted by molar-refractivity contribution is 0.271. The molecular weight excluding hydrogens is 378 g/mol. The number of para-hydroxylation sites is 2. The van der Waals surface area contributed by atoms with Gasteiger partial charge in [0.25, 0.3) is 0 Å². The van der Waals surface area contributed by atoms with Crippen molar-refractivity contribution in [2.24, 2.45) is 0 Å². The number of benzene rings is 1. The molecule has 3 aromatic rings. The molecule has 9 heteroatoms. The lowest BCUT2D eigenvalue weighted by Crippen LogP contribution is -2.48. The van der Waals surface area contributed by atoms with Crippen molar-refractivity contribution in [3.63, 3.8) is 0 Å². The van der Waals surface area contributed by atoms with Gasteiger partial charge >= 0.3 is 0 Å². The molecule has 0 saturated carbocycles. The monoisotopic (exact) mass is 399 g/mol. The van der Waals surface area contributed by atoms with Gasteiger partial charge in [-0.05, 0) is 23.8 Å². The van der Waals surface area contributed by atoms with Gasteiger partial charge in [-0.25, -0.2) is 13.1 Å². The Morgan fingerprint density at radius 3 is 2.82 bits per heavy atom. The molecule has 1 unspecified atom stereocenters. The molecule has 28 heavy (non-hydrogen) atoms. The number of pyridine rings is 1. The fourth-order valence-corrected chi connectivity index (χ4v) is 4.90. The Morgan fingerprint density at radius 1 is 1.18 bits per heavy atom. The molecule has 0 radical (unpaired) electrons. The van der Waals surface area contributed by atoms with Crippen LogP contribution < -0.4 is 10.1 Å². The highest BCUT2D eigenvalue weighted by Crippen LogP contribution is 2.29. The van der Waals surface area contributed by atoms with E-state index in [4.69, 9.17) is 4.74 Å². The second-order valence-corrected chi connectivity index (χ2v) is 8.31. The van der Waals surface area contributed by atoms with Crippen molar-refractivity contribution >= 4 is 10.0 Å². The van der Waals surface area contributed by atoms with Gasteiger partial charge in [-0.1, -0.05) is 18.2 Å². The van der Waals surface area contributed by atoms with Gasteiger partial charge in [0, 0.05) is 32.0 Å². The fraction of sp³-hybridized carbons (Fsp3) is 0.263. The molecule has 8 nitrogen and oxygen atoms in total. The lowest BCUT2D eigenvalue weighted by atomic mass is 10.1. The summed E-state index contributed by atoms with van der Waals surface area (Å²) in [6.07, 6.45) is 6.29. The highest BCUT2D eigenvalue weighted by molar-refractivity contribution is 7.89. The van der Waals surface area contributed by atoms with Crippen LogP contribution in [-0.4, -0.2) is 54.2 Å². The predicted molar refractivity (Wildman–Crippen MR) is 104 cm³/mol. The Kier molecular flexibility index (Phi) is 5.12. The normalized spacial score (nSPS) is 18.1. The average Bonchev–Trinajstić information content (AvgIpc) is 3.25. The van der Waals surface area contributed by atoms with Crippen LogP contribution >= 0.6 is 0 Å². The Bertz CT molecular complexity index is 1050. The van der Waals surface area contributed by atoms with Gasteiger partial charge in [0.15, 0.2) is 0 Å². The van der Waals surface area contributed by atoms with Crippen LogP contribution in [0.4, 0.5) is 0 Å². The Labute approximate surface area is 163 Å². The first-order chi connectivity index (χ1) is 13.6. The third kappa shape index (κ3) is 3.39. The molecule has 1 aromatic carbocycles. The number of methoxy groups -OCH3 is 1. The van der Waals surface area contributed by atoms with E-state index < -0.39 is 10.0 Å². The minimum absolute atomic E-state index is 0.147. The van der Waals surface area contributed by atoms with Crippen LogP contribution in [-0.2, 0) is 10.0 Å². The largest absolute Gasteiger partial charge is 0.494 e. The molecule has 0 spiro atoms. The van der Waals surface area contributed by atoms with Crippen molar-refractivity contribution in [2.45, 2.75) is 10.9 Å². The van der Waals surface area contributed by atoms with Gasteiger partial charge in [0.05, 0.1) is 25.5 Å². The SMILES string of the molecule is COc1ccccc1-n1cc(S(=O)(=O)N2CCNCC2c2cccnc2)cn1. The van der Waals surface area contributed by atoms with Gasteiger partial charge < -0.3 is 10.1 Å². The fourth-order valence-electron chi connectivity index (χ4n) is 3.36.